The molecule has 0 heterocycles. The maximum absolute atomic E-state index is 14.6. The van der Waals surface area contributed by atoms with Crippen LogP contribution in [-0.2, 0) is 32.6 Å². The molecule has 0 aliphatic carbocycles. The molecule has 11 heteroatoms. The van der Waals surface area contributed by atoms with Gasteiger partial charge in [-0.1, -0.05) is 77.3 Å². The van der Waals surface area contributed by atoms with Gasteiger partial charge in [0.05, 0.1) is 27.2 Å². The highest BCUT2D eigenvalue weighted by Gasteiger charge is 2.35. The molecule has 8 nitrogen and oxygen atoms in total. The Morgan fingerprint density at radius 2 is 1.51 bits per heavy atom. The third kappa shape index (κ3) is 9.50. The molecule has 0 aliphatic rings. The van der Waals surface area contributed by atoms with E-state index in [1.165, 1.54) is 17.0 Å². The van der Waals surface area contributed by atoms with Gasteiger partial charge in [-0.3, -0.25) is 13.9 Å². The van der Waals surface area contributed by atoms with Crippen molar-refractivity contribution in [2.75, 3.05) is 17.5 Å². The van der Waals surface area contributed by atoms with Crippen LogP contribution in [-0.4, -0.2) is 50.4 Å². The fourth-order valence-electron chi connectivity index (χ4n) is 5.01. The monoisotopic (exact) mass is 695 g/mol. The molecule has 0 unspecified atom stereocenters. The third-order valence-corrected chi connectivity index (χ3v) is 9.89. The number of anilines is 1. The highest BCUT2D eigenvalue weighted by Crippen LogP contribution is 2.28. The first kappa shape index (κ1) is 35.8. The van der Waals surface area contributed by atoms with Crippen molar-refractivity contribution in [1.29, 1.82) is 0 Å². The normalized spacial score (nSPS) is 12.0. The van der Waals surface area contributed by atoms with Crippen molar-refractivity contribution in [1.82, 2.24) is 10.2 Å². The maximum Gasteiger partial charge on any atom is 0.264 e. The van der Waals surface area contributed by atoms with Crippen LogP contribution in [0.25, 0.3) is 0 Å². The zero-order valence-corrected chi connectivity index (χ0v) is 29.1. The van der Waals surface area contributed by atoms with Crippen molar-refractivity contribution in [3.63, 3.8) is 0 Å². The second kappa shape index (κ2) is 16.2. The molecule has 0 spiro atoms. The van der Waals surface area contributed by atoms with E-state index in [0.717, 1.165) is 15.4 Å². The lowest BCUT2D eigenvalue weighted by Crippen LogP contribution is -2.54. The number of nitrogens with zero attached hydrogens (tertiary/aromatic N) is 2. The van der Waals surface area contributed by atoms with Gasteiger partial charge in [0.15, 0.2) is 0 Å². The first-order chi connectivity index (χ1) is 22.4. The SMILES string of the molecule is CCOc1ccc(S(=O)(=O)N(CC(=O)N(Cc2ccc(Cl)c(Cl)c2)[C@@H](Cc2ccccc2)C(=O)NC(C)C)c2ccc(C)cc2)cc1. The van der Waals surface area contributed by atoms with Gasteiger partial charge in [0.25, 0.3) is 10.0 Å². The summed E-state index contributed by atoms with van der Waals surface area (Å²) in [5.74, 6) is -0.420. The summed E-state index contributed by atoms with van der Waals surface area (Å²) in [6.07, 6.45) is 0.197. The van der Waals surface area contributed by atoms with Gasteiger partial charge in [-0.2, -0.15) is 0 Å². The maximum atomic E-state index is 14.6. The summed E-state index contributed by atoms with van der Waals surface area (Å²) in [5, 5.41) is 3.58. The van der Waals surface area contributed by atoms with E-state index >= 15 is 0 Å². The predicted molar refractivity (Wildman–Crippen MR) is 188 cm³/mol. The quantitative estimate of drug-likeness (QED) is 0.152. The molecule has 0 saturated carbocycles. The zero-order chi connectivity index (χ0) is 34.1. The molecule has 4 aromatic carbocycles. The summed E-state index contributed by atoms with van der Waals surface area (Å²) >= 11 is 12.5. The number of hydrogen-bond acceptors (Lipinski definition) is 5. The summed E-state index contributed by atoms with van der Waals surface area (Å²) in [6, 6.07) is 26.1. The summed E-state index contributed by atoms with van der Waals surface area (Å²) in [6.45, 7) is 7.24. The summed E-state index contributed by atoms with van der Waals surface area (Å²) < 4.78 is 35.0. The Kier molecular flexibility index (Phi) is 12.3. The number of benzene rings is 4. The highest BCUT2D eigenvalue weighted by molar-refractivity contribution is 7.92. The van der Waals surface area contributed by atoms with Crippen LogP contribution in [0.1, 0.15) is 37.5 Å². The Morgan fingerprint density at radius 1 is 0.851 bits per heavy atom. The van der Waals surface area contributed by atoms with Crippen molar-refractivity contribution < 1.29 is 22.7 Å². The average molecular weight is 697 g/mol. The number of nitrogens with one attached hydrogen (secondary N) is 1. The van der Waals surface area contributed by atoms with Crippen LogP contribution in [0.2, 0.25) is 10.0 Å². The molecule has 0 aliphatic heterocycles. The van der Waals surface area contributed by atoms with Crippen LogP contribution >= 0.6 is 23.2 Å². The fraction of sp³-hybridized carbons (Fsp3) is 0.278. The Labute approximate surface area is 287 Å². The van der Waals surface area contributed by atoms with E-state index in [0.29, 0.717) is 33.7 Å². The highest BCUT2D eigenvalue weighted by atomic mass is 35.5. The number of rotatable bonds is 14. The molecule has 0 bridgehead atoms. The topological polar surface area (TPSA) is 96.0 Å². The third-order valence-electron chi connectivity index (χ3n) is 7.36. The molecular weight excluding hydrogens is 657 g/mol. The van der Waals surface area contributed by atoms with Gasteiger partial charge in [0.2, 0.25) is 11.8 Å². The van der Waals surface area contributed by atoms with Crippen LogP contribution in [0.3, 0.4) is 0 Å². The molecule has 1 N–H and O–H groups in total. The number of sulfonamides is 1. The molecule has 4 aromatic rings. The Balaban J connectivity index is 1.80. The van der Waals surface area contributed by atoms with E-state index in [9.17, 15) is 18.0 Å². The number of carbonyl (C=O) groups is 2. The molecule has 0 aromatic heterocycles. The van der Waals surface area contributed by atoms with Crippen LogP contribution in [0, 0.1) is 6.92 Å². The van der Waals surface area contributed by atoms with E-state index < -0.39 is 28.5 Å². The van der Waals surface area contributed by atoms with Crippen molar-refractivity contribution >= 4 is 50.7 Å². The molecular formula is C36H39Cl2N3O5S. The van der Waals surface area contributed by atoms with Gasteiger partial charge in [0.1, 0.15) is 18.3 Å². The Morgan fingerprint density at radius 3 is 2.11 bits per heavy atom. The largest absolute Gasteiger partial charge is 0.494 e. The fourth-order valence-corrected chi connectivity index (χ4v) is 6.75. The molecule has 0 radical (unpaired) electrons. The average Bonchev–Trinajstić information content (AvgIpc) is 3.04. The second-order valence-electron chi connectivity index (χ2n) is 11.4. The summed E-state index contributed by atoms with van der Waals surface area (Å²) in [7, 11) is -4.25. The van der Waals surface area contributed by atoms with Crippen LogP contribution < -0.4 is 14.4 Å². The van der Waals surface area contributed by atoms with Crippen molar-refractivity contribution in [2.45, 2.75) is 57.6 Å². The second-order valence-corrected chi connectivity index (χ2v) is 14.1. The van der Waals surface area contributed by atoms with E-state index in [1.54, 1.807) is 54.6 Å². The van der Waals surface area contributed by atoms with Crippen molar-refractivity contribution in [2.24, 2.45) is 0 Å². The minimum Gasteiger partial charge on any atom is -0.494 e. The van der Waals surface area contributed by atoms with Gasteiger partial charge >= 0.3 is 0 Å². The lowest BCUT2D eigenvalue weighted by atomic mass is 10.0. The predicted octanol–water partition coefficient (Wildman–Crippen LogP) is 7.06. The number of ether oxygens (including phenoxy) is 1. The van der Waals surface area contributed by atoms with Crippen LogP contribution in [0.4, 0.5) is 5.69 Å². The first-order valence-corrected chi connectivity index (χ1v) is 17.5. The summed E-state index contributed by atoms with van der Waals surface area (Å²) in [5.41, 5.74) is 2.69. The summed E-state index contributed by atoms with van der Waals surface area (Å²) in [4.78, 5) is 29.8. The van der Waals surface area contributed by atoms with Crippen molar-refractivity contribution in [3.8, 4) is 5.75 Å². The molecule has 1 atom stereocenters. The number of hydrogen-bond donors (Lipinski definition) is 1. The lowest BCUT2D eigenvalue weighted by molar-refractivity contribution is -0.140. The standard InChI is InChI=1S/C36H39Cl2N3O5S/c1-5-46-30-16-18-31(19-17-30)47(44,45)41(29-14-11-26(4)12-15-29)24-35(42)40(23-28-13-20-32(37)33(38)21-28)34(36(43)39-25(2)3)22-27-9-7-6-8-10-27/h6-21,25,34H,5,22-24H2,1-4H3,(H,39,43)/t34-/m0/s1. The zero-order valence-electron chi connectivity index (χ0n) is 26.8. The number of carbonyl (C=O) groups excluding carboxylic acids is 2. The number of aryl methyl sites for hydroxylation is 1. The number of amides is 2. The van der Waals surface area contributed by atoms with Gasteiger partial charge in [0, 0.05) is 19.0 Å². The van der Waals surface area contributed by atoms with Gasteiger partial charge in [-0.05, 0) is 87.4 Å². The number of halogens is 2. The van der Waals surface area contributed by atoms with Crippen molar-refractivity contribution in [3.05, 3.63) is 124 Å². The Bertz CT molecular complexity index is 1770. The molecule has 2 amide bonds. The minimum absolute atomic E-state index is 0.0104. The van der Waals surface area contributed by atoms with E-state index in [1.807, 2.05) is 58.0 Å². The minimum atomic E-state index is -4.25. The van der Waals surface area contributed by atoms with Gasteiger partial charge in [-0.25, -0.2) is 8.42 Å². The lowest BCUT2D eigenvalue weighted by Gasteiger charge is -2.34. The van der Waals surface area contributed by atoms with E-state index in [-0.39, 0.29) is 29.8 Å². The Hall–Kier alpha value is -4.05. The van der Waals surface area contributed by atoms with E-state index in [4.69, 9.17) is 27.9 Å². The van der Waals surface area contributed by atoms with Crippen LogP contribution in [0.15, 0.2) is 102 Å². The van der Waals surface area contributed by atoms with E-state index in [2.05, 4.69) is 5.32 Å². The molecule has 0 fully saturated rings. The molecule has 4 rings (SSSR count). The molecule has 248 valence electrons. The first-order valence-electron chi connectivity index (χ1n) is 15.3. The van der Waals surface area contributed by atoms with Crippen LogP contribution in [0.5, 0.6) is 5.75 Å². The van der Waals surface area contributed by atoms with Gasteiger partial charge < -0.3 is 15.0 Å². The molecule has 0 saturated heterocycles. The smallest absolute Gasteiger partial charge is 0.264 e. The van der Waals surface area contributed by atoms with Gasteiger partial charge in [-0.15, -0.1) is 0 Å². The molecule has 47 heavy (non-hydrogen) atoms.